The lowest BCUT2D eigenvalue weighted by molar-refractivity contribution is -0.136. The number of piperidine rings is 1. The van der Waals surface area contributed by atoms with Crippen LogP contribution in [0.2, 0.25) is 0 Å². The number of hydrogen-bond acceptors (Lipinski definition) is 10. The van der Waals surface area contributed by atoms with Crippen molar-refractivity contribution < 1.29 is 47.7 Å². The summed E-state index contributed by atoms with van der Waals surface area (Å²) >= 11 is 2.41. The van der Waals surface area contributed by atoms with Gasteiger partial charge in [0.15, 0.2) is 0 Å². The molecule has 0 spiro atoms. The molecular weight excluding hydrogens is 725 g/mol. The molecule has 14 heteroatoms. The van der Waals surface area contributed by atoms with E-state index in [0.717, 1.165) is 30.8 Å². The van der Waals surface area contributed by atoms with E-state index < -0.39 is 29.7 Å². The Bertz CT molecular complexity index is 1170. The zero-order valence-corrected chi connectivity index (χ0v) is 29.2. The van der Waals surface area contributed by atoms with Crippen LogP contribution in [0.25, 0.3) is 0 Å². The number of amides is 5. The lowest BCUT2D eigenvalue weighted by atomic mass is 10.0. The number of nitrogens with one attached hydrogen (secondary N) is 2. The van der Waals surface area contributed by atoms with Gasteiger partial charge in [0.1, 0.15) is 6.04 Å². The minimum absolute atomic E-state index is 0.0366. The van der Waals surface area contributed by atoms with Crippen LogP contribution in [0.1, 0.15) is 84.9 Å². The predicted octanol–water partition coefficient (Wildman–Crippen LogP) is 3.67. The van der Waals surface area contributed by atoms with Gasteiger partial charge in [0.2, 0.25) is 17.7 Å². The van der Waals surface area contributed by atoms with E-state index in [4.69, 9.17) is 23.7 Å². The number of alkyl halides is 1. The van der Waals surface area contributed by atoms with Crippen molar-refractivity contribution in [3.05, 3.63) is 29.3 Å². The number of rotatable bonds is 26. The van der Waals surface area contributed by atoms with Crippen molar-refractivity contribution >= 4 is 57.8 Å². The molecule has 1 aromatic carbocycles. The number of carbonyl (C=O) groups is 5. The van der Waals surface area contributed by atoms with Crippen LogP contribution < -0.4 is 10.6 Å². The number of imide groups is 2. The van der Waals surface area contributed by atoms with Crippen LogP contribution in [0.5, 0.6) is 0 Å². The van der Waals surface area contributed by atoms with E-state index in [9.17, 15) is 24.0 Å². The van der Waals surface area contributed by atoms with E-state index in [0.29, 0.717) is 65.9 Å². The summed E-state index contributed by atoms with van der Waals surface area (Å²) in [5, 5.41) is 4.91. The van der Waals surface area contributed by atoms with Gasteiger partial charge in [-0.1, -0.05) is 47.9 Å². The van der Waals surface area contributed by atoms with Crippen molar-refractivity contribution in [1.82, 2.24) is 10.2 Å². The standard InChI is InChI=1S/C33H48IN3O10/c34-14-5-1-2-6-15-43-17-19-45-21-23-47-24-22-46-20-18-44-16-7-3-4-11-28(38)35-26-10-8-9-25-30(26)33(42)37(32(25)41)27-12-13-29(39)36-31(27)40/h8-10,27H,1-7,11-24H2,(H,35,38)(H,36,39,40). The van der Waals surface area contributed by atoms with Gasteiger partial charge in [0, 0.05) is 26.1 Å². The molecule has 0 saturated carbocycles. The first-order valence-electron chi connectivity index (χ1n) is 16.5. The van der Waals surface area contributed by atoms with Crippen molar-refractivity contribution in [1.29, 1.82) is 0 Å². The zero-order valence-electron chi connectivity index (χ0n) is 27.1. The molecule has 2 N–H and O–H groups in total. The van der Waals surface area contributed by atoms with Crippen LogP contribution in [0.4, 0.5) is 5.69 Å². The maximum Gasteiger partial charge on any atom is 0.264 e. The summed E-state index contributed by atoms with van der Waals surface area (Å²) in [6.07, 6.45) is 7.43. The lowest BCUT2D eigenvalue weighted by Gasteiger charge is -2.27. The van der Waals surface area contributed by atoms with Crippen LogP contribution in [-0.2, 0) is 38.1 Å². The van der Waals surface area contributed by atoms with Gasteiger partial charge in [0.05, 0.1) is 69.7 Å². The topological polar surface area (TPSA) is 159 Å². The Balaban J connectivity index is 1.14. The minimum atomic E-state index is -1.06. The Hall–Kier alpha value is -2.50. The summed E-state index contributed by atoms with van der Waals surface area (Å²) in [6.45, 7) is 5.52. The van der Waals surface area contributed by atoms with E-state index in [1.165, 1.54) is 29.8 Å². The first-order chi connectivity index (χ1) is 22.9. The third-order valence-corrected chi connectivity index (χ3v) is 8.36. The second-order valence-corrected chi connectivity index (χ2v) is 12.3. The normalized spacial score (nSPS) is 16.1. The van der Waals surface area contributed by atoms with Crippen LogP contribution >= 0.6 is 22.6 Å². The molecule has 1 atom stereocenters. The van der Waals surface area contributed by atoms with Gasteiger partial charge < -0.3 is 29.0 Å². The Labute approximate surface area is 290 Å². The van der Waals surface area contributed by atoms with Gasteiger partial charge in [-0.15, -0.1) is 0 Å². The molecule has 47 heavy (non-hydrogen) atoms. The summed E-state index contributed by atoms with van der Waals surface area (Å²) < 4.78 is 28.9. The SMILES string of the molecule is O=C1CCC(N2C(=O)c3cccc(NC(=O)CCCCCOCCOCCOCCOCCOCCCCCCI)c3C2=O)C(=O)N1. The van der Waals surface area contributed by atoms with Crippen molar-refractivity contribution in [2.75, 3.05) is 75.8 Å². The van der Waals surface area contributed by atoms with Crippen molar-refractivity contribution in [2.45, 2.75) is 70.3 Å². The maximum absolute atomic E-state index is 13.2. The summed E-state index contributed by atoms with van der Waals surface area (Å²) in [4.78, 5) is 63.4. The molecule has 2 aliphatic rings. The van der Waals surface area contributed by atoms with E-state index >= 15 is 0 Å². The van der Waals surface area contributed by atoms with E-state index in [-0.39, 0.29) is 42.0 Å². The molecule has 0 bridgehead atoms. The number of carbonyl (C=O) groups excluding carboxylic acids is 5. The average Bonchev–Trinajstić information content (AvgIpc) is 3.31. The fraction of sp³-hybridized carbons (Fsp3) is 0.667. The van der Waals surface area contributed by atoms with Gasteiger partial charge >= 0.3 is 0 Å². The summed E-state index contributed by atoms with van der Waals surface area (Å²) in [6, 6.07) is 3.56. The van der Waals surface area contributed by atoms with Crippen LogP contribution in [-0.4, -0.2) is 111 Å². The molecule has 1 saturated heterocycles. The van der Waals surface area contributed by atoms with Crippen LogP contribution in [0.15, 0.2) is 18.2 Å². The third-order valence-electron chi connectivity index (χ3n) is 7.60. The number of benzene rings is 1. The first kappa shape index (κ1) is 38.9. The zero-order chi connectivity index (χ0) is 33.7. The second kappa shape index (κ2) is 23.0. The number of unbranched alkanes of at least 4 members (excludes halogenated alkanes) is 5. The number of nitrogens with zero attached hydrogens (tertiary/aromatic N) is 1. The van der Waals surface area contributed by atoms with Crippen LogP contribution in [0.3, 0.4) is 0 Å². The number of hydrogen-bond donors (Lipinski definition) is 2. The largest absolute Gasteiger partial charge is 0.379 e. The molecule has 13 nitrogen and oxygen atoms in total. The molecule has 0 aromatic heterocycles. The molecule has 0 aliphatic carbocycles. The van der Waals surface area contributed by atoms with Crippen LogP contribution in [0, 0.1) is 0 Å². The first-order valence-corrected chi connectivity index (χ1v) is 18.1. The molecule has 2 aliphatic heterocycles. The van der Waals surface area contributed by atoms with Gasteiger partial charge in [-0.2, -0.15) is 0 Å². The second-order valence-electron chi connectivity index (χ2n) is 11.2. The van der Waals surface area contributed by atoms with E-state index in [1.807, 2.05) is 0 Å². The third kappa shape index (κ3) is 13.9. The molecule has 1 aromatic rings. The number of halogens is 1. The highest BCUT2D eigenvalue weighted by Crippen LogP contribution is 2.32. The fourth-order valence-electron chi connectivity index (χ4n) is 5.13. The molecular formula is C33H48IN3O10. The van der Waals surface area contributed by atoms with Crippen molar-refractivity contribution in [3.63, 3.8) is 0 Å². The Morgan fingerprint density at radius 3 is 1.87 bits per heavy atom. The summed E-state index contributed by atoms with van der Waals surface area (Å²) in [5.74, 6) is -2.67. The lowest BCUT2D eigenvalue weighted by Crippen LogP contribution is -2.54. The van der Waals surface area contributed by atoms with Gasteiger partial charge in [-0.25, -0.2) is 0 Å². The number of fused-ring (bicyclic) bond motifs is 1. The van der Waals surface area contributed by atoms with E-state index in [2.05, 4.69) is 33.2 Å². The predicted molar refractivity (Wildman–Crippen MR) is 182 cm³/mol. The monoisotopic (exact) mass is 773 g/mol. The molecule has 3 rings (SSSR count). The smallest absolute Gasteiger partial charge is 0.264 e. The number of anilines is 1. The van der Waals surface area contributed by atoms with E-state index in [1.54, 1.807) is 12.1 Å². The molecule has 1 unspecified atom stereocenters. The molecule has 5 amide bonds. The highest BCUT2D eigenvalue weighted by molar-refractivity contribution is 14.1. The maximum atomic E-state index is 13.2. The van der Waals surface area contributed by atoms with Crippen molar-refractivity contribution in [3.8, 4) is 0 Å². The van der Waals surface area contributed by atoms with Gasteiger partial charge in [-0.05, 0) is 48.7 Å². The summed E-state index contributed by atoms with van der Waals surface area (Å²) in [5.41, 5.74) is 0.411. The minimum Gasteiger partial charge on any atom is -0.379 e. The van der Waals surface area contributed by atoms with Crippen molar-refractivity contribution in [2.24, 2.45) is 0 Å². The molecule has 2 heterocycles. The highest BCUT2D eigenvalue weighted by Gasteiger charge is 2.45. The van der Waals surface area contributed by atoms with Gasteiger partial charge in [0.25, 0.3) is 11.8 Å². The highest BCUT2D eigenvalue weighted by atomic mass is 127. The quantitative estimate of drug-likeness (QED) is 0.0616. The summed E-state index contributed by atoms with van der Waals surface area (Å²) in [7, 11) is 0. The van der Waals surface area contributed by atoms with Gasteiger partial charge in [-0.3, -0.25) is 34.2 Å². The fourth-order valence-corrected chi connectivity index (χ4v) is 5.67. The Kier molecular flexibility index (Phi) is 19.0. The Morgan fingerprint density at radius 2 is 1.30 bits per heavy atom. The molecule has 1 fully saturated rings. The Morgan fingerprint density at radius 1 is 0.745 bits per heavy atom. The average molecular weight is 774 g/mol. The molecule has 262 valence electrons. The molecule has 0 radical (unpaired) electrons. The number of ether oxygens (including phenoxy) is 5.